The van der Waals surface area contributed by atoms with Crippen LogP contribution in [0.15, 0.2) is 24.3 Å². The van der Waals surface area contributed by atoms with Gasteiger partial charge in [0.15, 0.2) is 0 Å². The second-order valence-electron chi connectivity index (χ2n) is 6.96. The number of anilines is 1. The summed E-state index contributed by atoms with van der Waals surface area (Å²) in [6, 6.07) is 8.70. The van der Waals surface area contributed by atoms with E-state index in [1.165, 1.54) is 30.5 Å². The Bertz CT molecular complexity index is 525. The summed E-state index contributed by atoms with van der Waals surface area (Å²) >= 11 is 0. The monoisotopic (exact) mass is 315 g/mol. The molecule has 23 heavy (non-hydrogen) atoms. The molecule has 126 valence electrons. The average molecular weight is 315 g/mol. The molecule has 0 unspecified atom stereocenters. The van der Waals surface area contributed by atoms with Crippen molar-refractivity contribution in [2.45, 2.75) is 57.5 Å². The number of nitrogens with two attached hydrogens (primary N) is 1. The van der Waals surface area contributed by atoms with E-state index in [2.05, 4.69) is 28.4 Å². The predicted molar refractivity (Wildman–Crippen MR) is 94.3 cm³/mol. The molecule has 1 aromatic rings. The van der Waals surface area contributed by atoms with Crippen molar-refractivity contribution in [2.75, 3.05) is 18.0 Å². The maximum atomic E-state index is 12.6. The lowest BCUT2D eigenvalue weighted by Gasteiger charge is -2.35. The standard InChI is InChI=1S/C19H29N3O/c20-13-15-7-4-5-11-18(15)22-12-6-8-16(14-22)19(23)21-17-9-2-1-3-10-17/h4-5,7,11,16-17H,1-3,6,8-10,12-14,20H2,(H,21,23)/t16-/m0/s1. The molecule has 0 aromatic heterocycles. The number of rotatable bonds is 4. The van der Waals surface area contributed by atoms with Gasteiger partial charge in [0.05, 0.1) is 5.92 Å². The van der Waals surface area contributed by atoms with Crippen LogP contribution in [0.4, 0.5) is 5.69 Å². The van der Waals surface area contributed by atoms with Crippen LogP contribution < -0.4 is 16.0 Å². The fraction of sp³-hybridized carbons (Fsp3) is 0.632. The second kappa shape index (κ2) is 7.82. The second-order valence-corrected chi connectivity index (χ2v) is 6.96. The molecule has 1 atom stereocenters. The number of amides is 1. The fourth-order valence-electron chi connectivity index (χ4n) is 3.97. The average Bonchev–Trinajstić information content (AvgIpc) is 2.62. The predicted octanol–water partition coefficient (Wildman–Crippen LogP) is 2.81. The number of nitrogens with zero attached hydrogens (tertiary/aromatic N) is 1. The molecule has 1 saturated carbocycles. The van der Waals surface area contributed by atoms with Crippen molar-refractivity contribution >= 4 is 11.6 Å². The molecule has 3 N–H and O–H groups in total. The van der Waals surface area contributed by atoms with Crippen LogP contribution in [0, 0.1) is 5.92 Å². The molecule has 0 spiro atoms. The highest BCUT2D eigenvalue weighted by Crippen LogP contribution is 2.27. The van der Waals surface area contributed by atoms with Gasteiger partial charge in [-0.1, -0.05) is 37.5 Å². The Kier molecular flexibility index (Phi) is 5.55. The molecule has 1 aliphatic heterocycles. The highest BCUT2D eigenvalue weighted by atomic mass is 16.2. The molecule has 2 aliphatic rings. The lowest BCUT2D eigenvalue weighted by atomic mass is 9.92. The van der Waals surface area contributed by atoms with Gasteiger partial charge in [-0.05, 0) is 37.3 Å². The minimum atomic E-state index is 0.108. The van der Waals surface area contributed by atoms with Crippen molar-refractivity contribution in [1.82, 2.24) is 5.32 Å². The number of piperidine rings is 1. The number of carbonyl (C=O) groups is 1. The maximum absolute atomic E-state index is 12.6. The van der Waals surface area contributed by atoms with Gasteiger partial charge in [0.2, 0.25) is 5.91 Å². The van der Waals surface area contributed by atoms with Crippen molar-refractivity contribution in [2.24, 2.45) is 11.7 Å². The minimum Gasteiger partial charge on any atom is -0.370 e. The molecule has 4 heteroatoms. The summed E-state index contributed by atoms with van der Waals surface area (Å²) in [5.74, 6) is 0.364. The number of benzene rings is 1. The van der Waals surface area contributed by atoms with Crippen molar-refractivity contribution in [3.8, 4) is 0 Å². The van der Waals surface area contributed by atoms with Gasteiger partial charge in [-0.15, -0.1) is 0 Å². The first-order valence-corrected chi connectivity index (χ1v) is 9.11. The highest BCUT2D eigenvalue weighted by molar-refractivity contribution is 5.80. The van der Waals surface area contributed by atoms with Crippen LogP contribution in [0.1, 0.15) is 50.5 Å². The van der Waals surface area contributed by atoms with Crippen LogP contribution in [0.2, 0.25) is 0 Å². The third-order valence-corrected chi connectivity index (χ3v) is 5.30. The van der Waals surface area contributed by atoms with Gasteiger partial charge in [-0.2, -0.15) is 0 Å². The van der Waals surface area contributed by atoms with Gasteiger partial charge < -0.3 is 16.0 Å². The lowest BCUT2D eigenvalue weighted by molar-refractivity contribution is -0.126. The molecule has 2 fully saturated rings. The van der Waals surface area contributed by atoms with E-state index >= 15 is 0 Å². The first kappa shape index (κ1) is 16.3. The molecule has 0 bridgehead atoms. The van der Waals surface area contributed by atoms with Gasteiger partial charge in [-0.3, -0.25) is 4.79 Å². The zero-order valence-corrected chi connectivity index (χ0v) is 14.0. The topological polar surface area (TPSA) is 58.4 Å². The summed E-state index contributed by atoms with van der Waals surface area (Å²) in [6.45, 7) is 2.38. The molecule has 1 aliphatic carbocycles. The van der Waals surface area contributed by atoms with Crippen molar-refractivity contribution in [3.05, 3.63) is 29.8 Å². The number of nitrogens with one attached hydrogen (secondary N) is 1. The van der Waals surface area contributed by atoms with E-state index in [0.717, 1.165) is 38.8 Å². The number of carbonyl (C=O) groups excluding carboxylic acids is 1. The summed E-state index contributed by atoms with van der Waals surface area (Å²) in [5.41, 5.74) is 8.24. The van der Waals surface area contributed by atoms with Crippen LogP contribution in [-0.4, -0.2) is 25.0 Å². The molecule has 1 saturated heterocycles. The smallest absolute Gasteiger partial charge is 0.225 e. The molecular weight excluding hydrogens is 286 g/mol. The summed E-state index contributed by atoms with van der Waals surface area (Å²) < 4.78 is 0. The highest BCUT2D eigenvalue weighted by Gasteiger charge is 2.28. The Hall–Kier alpha value is -1.55. The zero-order chi connectivity index (χ0) is 16.1. The first-order valence-electron chi connectivity index (χ1n) is 9.11. The van der Waals surface area contributed by atoms with E-state index in [0.29, 0.717) is 12.6 Å². The normalized spacial score (nSPS) is 22.8. The largest absolute Gasteiger partial charge is 0.370 e. The summed E-state index contributed by atoms with van der Waals surface area (Å²) in [7, 11) is 0. The summed E-state index contributed by atoms with van der Waals surface area (Å²) in [4.78, 5) is 15.0. The van der Waals surface area contributed by atoms with E-state index in [-0.39, 0.29) is 11.8 Å². The first-order chi connectivity index (χ1) is 11.3. The van der Waals surface area contributed by atoms with Gasteiger partial charge in [0.25, 0.3) is 0 Å². The van der Waals surface area contributed by atoms with Crippen LogP contribution in [0.5, 0.6) is 0 Å². The fourth-order valence-corrected chi connectivity index (χ4v) is 3.97. The Morgan fingerprint density at radius 1 is 1.13 bits per heavy atom. The number of hydrogen-bond donors (Lipinski definition) is 2. The third kappa shape index (κ3) is 4.05. The Morgan fingerprint density at radius 2 is 1.91 bits per heavy atom. The zero-order valence-electron chi connectivity index (χ0n) is 14.0. The van der Waals surface area contributed by atoms with Crippen LogP contribution in [0.25, 0.3) is 0 Å². The van der Waals surface area contributed by atoms with Gasteiger partial charge in [0, 0.05) is 31.4 Å². The van der Waals surface area contributed by atoms with Crippen molar-refractivity contribution in [3.63, 3.8) is 0 Å². The van der Waals surface area contributed by atoms with E-state index in [1.807, 2.05) is 6.07 Å². The van der Waals surface area contributed by atoms with Gasteiger partial charge >= 0.3 is 0 Å². The molecular formula is C19H29N3O. The minimum absolute atomic E-state index is 0.108. The molecule has 1 aromatic carbocycles. The quantitative estimate of drug-likeness (QED) is 0.898. The third-order valence-electron chi connectivity index (χ3n) is 5.30. The van der Waals surface area contributed by atoms with E-state index in [4.69, 9.17) is 5.73 Å². The summed E-state index contributed by atoms with van der Waals surface area (Å²) in [5, 5.41) is 3.30. The SMILES string of the molecule is NCc1ccccc1N1CCC[C@H](C(=O)NC2CCCCC2)C1. The summed E-state index contributed by atoms with van der Waals surface area (Å²) in [6.07, 6.45) is 8.20. The van der Waals surface area contributed by atoms with E-state index in [1.54, 1.807) is 0 Å². The molecule has 0 radical (unpaired) electrons. The van der Waals surface area contributed by atoms with E-state index in [9.17, 15) is 4.79 Å². The van der Waals surface area contributed by atoms with Gasteiger partial charge in [-0.25, -0.2) is 0 Å². The lowest BCUT2D eigenvalue weighted by Crippen LogP contribution is -2.46. The number of hydrogen-bond acceptors (Lipinski definition) is 3. The van der Waals surface area contributed by atoms with Crippen LogP contribution in [-0.2, 0) is 11.3 Å². The van der Waals surface area contributed by atoms with Crippen LogP contribution >= 0.6 is 0 Å². The molecule has 1 heterocycles. The Morgan fingerprint density at radius 3 is 2.70 bits per heavy atom. The van der Waals surface area contributed by atoms with E-state index < -0.39 is 0 Å². The number of para-hydroxylation sites is 1. The Labute approximate surface area is 139 Å². The molecule has 3 rings (SSSR count). The molecule has 1 amide bonds. The van der Waals surface area contributed by atoms with Gasteiger partial charge in [0.1, 0.15) is 0 Å². The van der Waals surface area contributed by atoms with Crippen molar-refractivity contribution < 1.29 is 4.79 Å². The Balaban J connectivity index is 1.62. The molecule has 4 nitrogen and oxygen atoms in total. The maximum Gasteiger partial charge on any atom is 0.225 e. The van der Waals surface area contributed by atoms with Crippen molar-refractivity contribution in [1.29, 1.82) is 0 Å². The van der Waals surface area contributed by atoms with Crippen LogP contribution in [0.3, 0.4) is 0 Å².